The van der Waals surface area contributed by atoms with E-state index >= 15 is 0 Å². The Labute approximate surface area is 213 Å². The summed E-state index contributed by atoms with van der Waals surface area (Å²) in [4.78, 5) is 0.265. The molecule has 5 rings (SSSR count). The Morgan fingerprint density at radius 3 is 2.40 bits per heavy atom. The number of halogens is 2. The Balaban J connectivity index is 1.57. The van der Waals surface area contributed by atoms with Gasteiger partial charge in [0, 0.05) is 35.1 Å². The van der Waals surface area contributed by atoms with E-state index in [4.69, 9.17) is 27.9 Å². The van der Waals surface area contributed by atoms with Gasteiger partial charge < -0.3 is 10.1 Å². The van der Waals surface area contributed by atoms with Crippen LogP contribution in [0.2, 0.25) is 10.0 Å². The van der Waals surface area contributed by atoms with Crippen LogP contribution in [-0.2, 0) is 14.8 Å². The minimum Gasteiger partial charge on any atom is -0.379 e. The fourth-order valence-corrected chi connectivity index (χ4v) is 6.03. The van der Waals surface area contributed by atoms with Crippen LogP contribution in [0, 0.1) is 6.92 Å². The molecular weight excluding hydrogens is 507 g/mol. The van der Waals surface area contributed by atoms with Gasteiger partial charge >= 0.3 is 0 Å². The predicted octanol–water partition coefficient (Wildman–Crippen LogP) is 5.68. The molecule has 1 aliphatic rings. The van der Waals surface area contributed by atoms with Crippen molar-refractivity contribution < 1.29 is 13.2 Å². The van der Waals surface area contributed by atoms with E-state index in [1.165, 1.54) is 4.31 Å². The van der Waals surface area contributed by atoms with Crippen LogP contribution in [0.15, 0.2) is 65.6 Å². The van der Waals surface area contributed by atoms with Gasteiger partial charge in [-0.2, -0.15) is 4.31 Å². The van der Waals surface area contributed by atoms with E-state index in [2.05, 4.69) is 15.5 Å². The number of hydrogen-bond donors (Lipinski definition) is 1. The third-order valence-corrected chi connectivity index (χ3v) is 8.70. The lowest BCUT2D eigenvalue weighted by atomic mass is 10.0. The number of benzene rings is 3. The van der Waals surface area contributed by atoms with Crippen LogP contribution in [0.5, 0.6) is 0 Å². The molecule has 0 aliphatic carbocycles. The normalized spacial score (nSPS) is 14.8. The van der Waals surface area contributed by atoms with E-state index in [9.17, 15) is 8.42 Å². The van der Waals surface area contributed by atoms with Gasteiger partial charge in [0.15, 0.2) is 5.82 Å². The number of morpholine rings is 1. The van der Waals surface area contributed by atoms with Gasteiger partial charge in [-0.1, -0.05) is 59.6 Å². The molecule has 0 radical (unpaired) electrons. The molecule has 1 saturated heterocycles. The molecule has 1 aromatic heterocycles. The number of nitrogens with one attached hydrogen (secondary N) is 1. The summed E-state index contributed by atoms with van der Waals surface area (Å²) in [6, 6.07) is 18.3. The minimum absolute atomic E-state index is 0.265. The van der Waals surface area contributed by atoms with Crippen LogP contribution >= 0.6 is 23.2 Å². The molecule has 7 nitrogen and oxygen atoms in total. The van der Waals surface area contributed by atoms with Crippen LogP contribution in [0.4, 0.5) is 11.5 Å². The van der Waals surface area contributed by atoms with E-state index < -0.39 is 10.0 Å². The summed E-state index contributed by atoms with van der Waals surface area (Å²) in [6.07, 6.45) is 0. The lowest BCUT2D eigenvalue weighted by Gasteiger charge is -2.26. The lowest BCUT2D eigenvalue weighted by Crippen LogP contribution is -2.40. The fourth-order valence-electron chi connectivity index (χ4n) is 4.07. The number of aryl methyl sites for hydroxylation is 1. The minimum atomic E-state index is -3.66. The summed E-state index contributed by atoms with van der Waals surface area (Å²) >= 11 is 12.2. The molecule has 4 aromatic rings. The molecule has 0 spiro atoms. The second kappa shape index (κ2) is 9.72. The zero-order valence-electron chi connectivity index (χ0n) is 18.8. The number of anilines is 2. The zero-order chi connectivity index (χ0) is 24.6. The second-order valence-corrected chi connectivity index (χ2v) is 10.9. The van der Waals surface area contributed by atoms with E-state index in [1.54, 1.807) is 37.3 Å². The maximum absolute atomic E-state index is 13.4. The maximum Gasteiger partial charge on any atom is 0.243 e. The number of fused-ring (bicyclic) bond motifs is 1. The van der Waals surface area contributed by atoms with Gasteiger partial charge in [-0.25, -0.2) is 8.42 Å². The van der Waals surface area contributed by atoms with Crippen molar-refractivity contribution in [1.29, 1.82) is 0 Å². The predicted molar refractivity (Wildman–Crippen MR) is 139 cm³/mol. The molecule has 0 amide bonds. The first-order valence-electron chi connectivity index (χ1n) is 11.0. The number of nitrogens with zero attached hydrogens (tertiary/aromatic N) is 3. The third-order valence-electron chi connectivity index (χ3n) is 5.92. The number of aromatic nitrogens is 2. The topological polar surface area (TPSA) is 84.4 Å². The standard InChI is InChI=1S/C25H22Cl2N4O3S/c1-16-6-7-17(14-23(16)35(32,33)31-10-12-34-13-11-31)24-19-4-2-3-5-20(19)25(30-29-24)28-18-8-9-21(26)22(27)15-18/h2-9,14-15H,10-13H2,1H3,(H,28,30). The van der Waals surface area contributed by atoms with E-state index in [-0.39, 0.29) is 4.90 Å². The molecular formula is C25H22Cl2N4O3S. The highest BCUT2D eigenvalue weighted by Gasteiger charge is 2.28. The van der Waals surface area contributed by atoms with Crippen molar-refractivity contribution in [3.8, 4) is 11.3 Å². The average molecular weight is 529 g/mol. The average Bonchev–Trinajstić information content (AvgIpc) is 2.87. The lowest BCUT2D eigenvalue weighted by molar-refractivity contribution is 0.0730. The molecule has 3 aromatic carbocycles. The van der Waals surface area contributed by atoms with Crippen molar-refractivity contribution in [2.24, 2.45) is 0 Å². The van der Waals surface area contributed by atoms with Gasteiger partial charge in [-0.15, -0.1) is 10.2 Å². The maximum atomic E-state index is 13.4. The highest BCUT2D eigenvalue weighted by atomic mass is 35.5. The van der Waals surface area contributed by atoms with Crippen molar-refractivity contribution in [2.45, 2.75) is 11.8 Å². The first kappa shape index (κ1) is 24.0. The Bertz CT molecular complexity index is 1520. The molecule has 1 fully saturated rings. The molecule has 10 heteroatoms. The summed E-state index contributed by atoms with van der Waals surface area (Å²) in [5.74, 6) is 0.552. The van der Waals surface area contributed by atoms with E-state index in [0.29, 0.717) is 59.0 Å². The van der Waals surface area contributed by atoms with Gasteiger partial charge in [0.2, 0.25) is 10.0 Å². The van der Waals surface area contributed by atoms with Gasteiger partial charge in [0.05, 0.1) is 28.2 Å². The van der Waals surface area contributed by atoms with Gasteiger partial charge in [-0.05, 0) is 36.8 Å². The molecule has 1 aliphatic heterocycles. The number of sulfonamides is 1. The molecule has 0 unspecified atom stereocenters. The first-order chi connectivity index (χ1) is 16.8. The van der Waals surface area contributed by atoms with E-state index in [1.807, 2.05) is 30.3 Å². The Morgan fingerprint density at radius 1 is 0.914 bits per heavy atom. The Morgan fingerprint density at radius 2 is 1.66 bits per heavy atom. The van der Waals surface area contributed by atoms with Crippen LogP contribution < -0.4 is 5.32 Å². The van der Waals surface area contributed by atoms with Crippen molar-refractivity contribution in [3.63, 3.8) is 0 Å². The highest BCUT2D eigenvalue weighted by molar-refractivity contribution is 7.89. The SMILES string of the molecule is Cc1ccc(-c2nnc(Nc3ccc(Cl)c(Cl)c3)c3ccccc23)cc1S(=O)(=O)N1CCOCC1. The molecule has 0 saturated carbocycles. The van der Waals surface area contributed by atoms with E-state index in [0.717, 1.165) is 16.5 Å². The van der Waals surface area contributed by atoms with Gasteiger partial charge in [0.1, 0.15) is 5.69 Å². The van der Waals surface area contributed by atoms with Gasteiger partial charge in [0.25, 0.3) is 0 Å². The monoisotopic (exact) mass is 528 g/mol. The molecule has 2 heterocycles. The Hall–Kier alpha value is -2.75. The molecule has 0 atom stereocenters. The summed E-state index contributed by atoms with van der Waals surface area (Å²) in [6.45, 7) is 3.25. The van der Waals surface area contributed by atoms with Crippen LogP contribution in [0.3, 0.4) is 0 Å². The summed E-state index contributed by atoms with van der Waals surface area (Å²) in [7, 11) is -3.66. The summed E-state index contributed by atoms with van der Waals surface area (Å²) in [5.41, 5.74) is 2.67. The van der Waals surface area contributed by atoms with Crippen LogP contribution in [-0.4, -0.2) is 49.2 Å². The summed E-state index contributed by atoms with van der Waals surface area (Å²) in [5, 5.41) is 14.7. The molecule has 180 valence electrons. The first-order valence-corrected chi connectivity index (χ1v) is 13.2. The quantitative estimate of drug-likeness (QED) is 0.358. The third kappa shape index (κ3) is 4.72. The Kier molecular flexibility index (Phi) is 6.65. The molecule has 0 bridgehead atoms. The smallest absolute Gasteiger partial charge is 0.243 e. The molecule has 1 N–H and O–H groups in total. The van der Waals surface area contributed by atoms with Crippen molar-refractivity contribution >= 4 is 55.5 Å². The van der Waals surface area contributed by atoms with Crippen molar-refractivity contribution in [3.05, 3.63) is 76.3 Å². The van der Waals surface area contributed by atoms with Gasteiger partial charge in [-0.3, -0.25) is 0 Å². The summed E-state index contributed by atoms with van der Waals surface area (Å²) < 4.78 is 33.5. The molecule has 35 heavy (non-hydrogen) atoms. The fraction of sp³-hybridized carbons (Fsp3) is 0.200. The highest BCUT2D eigenvalue weighted by Crippen LogP contribution is 2.34. The number of ether oxygens (including phenoxy) is 1. The second-order valence-electron chi connectivity index (χ2n) is 8.19. The van der Waals surface area contributed by atoms with Crippen molar-refractivity contribution in [1.82, 2.24) is 14.5 Å². The largest absolute Gasteiger partial charge is 0.379 e. The van der Waals surface area contributed by atoms with Crippen LogP contribution in [0.25, 0.3) is 22.0 Å². The zero-order valence-corrected chi connectivity index (χ0v) is 21.2. The number of rotatable bonds is 5. The van der Waals surface area contributed by atoms with Crippen molar-refractivity contribution in [2.75, 3.05) is 31.6 Å². The number of hydrogen-bond acceptors (Lipinski definition) is 6. The van der Waals surface area contributed by atoms with Crippen LogP contribution in [0.1, 0.15) is 5.56 Å².